The summed E-state index contributed by atoms with van der Waals surface area (Å²) in [4.78, 5) is 4.17. The van der Waals surface area contributed by atoms with Crippen LogP contribution < -0.4 is 10.5 Å². The zero-order valence-electron chi connectivity index (χ0n) is 8.40. The molecule has 0 unspecified atom stereocenters. The summed E-state index contributed by atoms with van der Waals surface area (Å²) < 4.78 is 11.4. The number of anilines is 1. The van der Waals surface area contributed by atoms with Crippen LogP contribution in [0.15, 0.2) is 18.2 Å². The van der Waals surface area contributed by atoms with Crippen molar-refractivity contribution >= 4 is 26.7 Å². The largest absolute Gasteiger partial charge is 0.491 e. The maximum Gasteiger partial charge on any atom is 0.181 e. The third-order valence-corrected chi connectivity index (χ3v) is 2.78. The summed E-state index contributed by atoms with van der Waals surface area (Å²) in [5.41, 5.74) is 6.52. The minimum absolute atomic E-state index is 0.552. The first-order valence-corrected chi connectivity index (χ1v) is 5.39. The van der Waals surface area contributed by atoms with E-state index in [1.54, 1.807) is 7.11 Å². The molecule has 0 aliphatic carbocycles. The number of thiazole rings is 1. The minimum Gasteiger partial charge on any atom is -0.491 e. The summed E-state index contributed by atoms with van der Waals surface area (Å²) in [6.45, 7) is 1.14. The van der Waals surface area contributed by atoms with Crippen LogP contribution in [-0.2, 0) is 4.74 Å². The molecule has 15 heavy (non-hydrogen) atoms. The third kappa shape index (κ3) is 2.37. The van der Waals surface area contributed by atoms with Gasteiger partial charge in [-0.15, -0.1) is 0 Å². The SMILES string of the molecule is COCCOc1ccc2nc(N)sc2c1. The van der Waals surface area contributed by atoms with Gasteiger partial charge in [-0.2, -0.15) is 0 Å². The van der Waals surface area contributed by atoms with Gasteiger partial charge in [-0.1, -0.05) is 11.3 Å². The molecule has 5 heteroatoms. The highest BCUT2D eigenvalue weighted by atomic mass is 32.1. The molecule has 0 spiro atoms. The number of ether oxygens (including phenoxy) is 2. The molecule has 0 fully saturated rings. The maximum absolute atomic E-state index is 5.61. The highest BCUT2D eigenvalue weighted by Gasteiger charge is 2.02. The van der Waals surface area contributed by atoms with Gasteiger partial charge in [0.15, 0.2) is 5.13 Å². The predicted molar refractivity (Wildman–Crippen MR) is 61.4 cm³/mol. The Labute approximate surface area is 91.6 Å². The topological polar surface area (TPSA) is 57.4 Å². The second-order valence-electron chi connectivity index (χ2n) is 3.02. The number of aromatic nitrogens is 1. The molecule has 0 radical (unpaired) electrons. The average molecular weight is 224 g/mol. The summed E-state index contributed by atoms with van der Waals surface area (Å²) in [7, 11) is 1.65. The van der Waals surface area contributed by atoms with Gasteiger partial charge in [0.1, 0.15) is 12.4 Å². The summed E-state index contributed by atoms with van der Waals surface area (Å²) in [5, 5.41) is 0.582. The molecule has 2 aromatic rings. The molecule has 0 saturated heterocycles. The van der Waals surface area contributed by atoms with Crippen LogP contribution >= 0.6 is 11.3 Å². The lowest BCUT2D eigenvalue weighted by Gasteiger charge is -2.04. The van der Waals surface area contributed by atoms with Gasteiger partial charge in [0.2, 0.25) is 0 Å². The molecule has 0 atom stereocenters. The quantitative estimate of drug-likeness (QED) is 0.806. The zero-order chi connectivity index (χ0) is 10.7. The van der Waals surface area contributed by atoms with Gasteiger partial charge in [0.05, 0.1) is 16.8 Å². The van der Waals surface area contributed by atoms with Crippen molar-refractivity contribution in [3.05, 3.63) is 18.2 Å². The van der Waals surface area contributed by atoms with Crippen LogP contribution in [0.2, 0.25) is 0 Å². The van der Waals surface area contributed by atoms with Crippen molar-refractivity contribution in [2.75, 3.05) is 26.1 Å². The minimum atomic E-state index is 0.552. The van der Waals surface area contributed by atoms with Gasteiger partial charge in [-0.05, 0) is 18.2 Å². The Morgan fingerprint density at radius 2 is 2.27 bits per heavy atom. The third-order valence-electron chi connectivity index (χ3n) is 1.93. The van der Waals surface area contributed by atoms with Crippen molar-refractivity contribution < 1.29 is 9.47 Å². The Kier molecular flexibility index (Phi) is 3.03. The van der Waals surface area contributed by atoms with Gasteiger partial charge < -0.3 is 15.2 Å². The van der Waals surface area contributed by atoms with Crippen LogP contribution in [0.1, 0.15) is 0 Å². The number of nitrogens with zero attached hydrogens (tertiary/aromatic N) is 1. The van der Waals surface area contributed by atoms with Crippen molar-refractivity contribution in [3.8, 4) is 5.75 Å². The molecule has 0 aliphatic heterocycles. The van der Waals surface area contributed by atoms with Crippen molar-refractivity contribution in [1.29, 1.82) is 0 Å². The highest BCUT2D eigenvalue weighted by molar-refractivity contribution is 7.22. The Morgan fingerprint density at radius 1 is 1.40 bits per heavy atom. The van der Waals surface area contributed by atoms with E-state index in [9.17, 15) is 0 Å². The lowest BCUT2D eigenvalue weighted by Crippen LogP contribution is -2.03. The number of hydrogen-bond donors (Lipinski definition) is 1. The Balaban J connectivity index is 2.15. The second-order valence-corrected chi connectivity index (χ2v) is 4.09. The first-order valence-electron chi connectivity index (χ1n) is 4.57. The van der Waals surface area contributed by atoms with Crippen LogP contribution in [0.5, 0.6) is 5.75 Å². The van der Waals surface area contributed by atoms with Crippen LogP contribution in [0.4, 0.5) is 5.13 Å². The molecule has 1 heterocycles. The zero-order valence-corrected chi connectivity index (χ0v) is 9.21. The van der Waals surface area contributed by atoms with E-state index < -0.39 is 0 Å². The van der Waals surface area contributed by atoms with Crippen molar-refractivity contribution in [3.63, 3.8) is 0 Å². The van der Waals surface area contributed by atoms with E-state index in [1.807, 2.05) is 18.2 Å². The molecular weight excluding hydrogens is 212 g/mol. The molecule has 2 N–H and O–H groups in total. The standard InChI is InChI=1S/C10H12N2O2S/c1-13-4-5-14-7-2-3-8-9(6-7)15-10(11)12-8/h2-3,6H,4-5H2,1H3,(H2,11,12). The van der Waals surface area contributed by atoms with E-state index in [1.165, 1.54) is 11.3 Å². The van der Waals surface area contributed by atoms with Crippen LogP contribution in [0.3, 0.4) is 0 Å². The number of fused-ring (bicyclic) bond motifs is 1. The molecule has 0 bridgehead atoms. The Morgan fingerprint density at radius 3 is 3.07 bits per heavy atom. The molecular formula is C10H12N2O2S. The second kappa shape index (κ2) is 4.46. The van der Waals surface area contributed by atoms with Crippen molar-refractivity contribution in [2.24, 2.45) is 0 Å². The lowest BCUT2D eigenvalue weighted by molar-refractivity contribution is 0.146. The molecule has 2 rings (SSSR count). The van der Waals surface area contributed by atoms with Crippen LogP contribution in [0, 0.1) is 0 Å². The van der Waals surface area contributed by atoms with Crippen LogP contribution in [0.25, 0.3) is 10.2 Å². The van der Waals surface area contributed by atoms with Gasteiger partial charge in [0, 0.05) is 7.11 Å². The molecule has 0 aliphatic rings. The number of rotatable bonds is 4. The fourth-order valence-electron chi connectivity index (χ4n) is 1.26. The molecule has 1 aromatic carbocycles. The number of benzene rings is 1. The van der Waals surface area contributed by atoms with E-state index in [4.69, 9.17) is 15.2 Å². The summed E-state index contributed by atoms with van der Waals surface area (Å²) in [5.74, 6) is 0.822. The summed E-state index contributed by atoms with van der Waals surface area (Å²) in [6, 6.07) is 5.74. The van der Waals surface area contributed by atoms with Crippen molar-refractivity contribution in [2.45, 2.75) is 0 Å². The number of nitrogens with two attached hydrogens (primary N) is 1. The number of hydrogen-bond acceptors (Lipinski definition) is 5. The Bertz CT molecular complexity index is 456. The number of nitrogen functional groups attached to an aromatic ring is 1. The van der Waals surface area contributed by atoms with E-state index >= 15 is 0 Å². The fourth-order valence-corrected chi connectivity index (χ4v) is 2.02. The van der Waals surface area contributed by atoms with E-state index in [2.05, 4.69) is 4.98 Å². The lowest BCUT2D eigenvalue weighted by atomic mass is 10.3. The van der Waals surface area contributed by atoms with Gasteiger partial charge in [-0.25, -0.2) is 4.98 Å². The average Bonchev–Trinajstić information content (AvgIpc) is 2.57. The first-order chi connectivity index (χ1) is 7.29. The summed E-state index contributed by atoms with van der Waals surface area (Å²) >= 11 is 1.46. The van der Waals surface area contributed by atoms with Gasteiger partial charge >= 0.3 is 0 Å². The van der Waals surface area contributed by atoms with E-state index in [0.29, 0.717) is 18.3 Å². The van der Waals surface area contributed by atoms with E-state index in [0.717, 1.165) is 16.0 Å². The highest BCUT2D eigenvalue weighted by Crippen LogP contribution is 2.27. The van der Waals surface area contributed by atoms with Crippen molar-refractivity contribution in [1.82, 2.24) is 4.98 Å². The molecule has 4 nitrogen and oxygen atoms in total. The smallest absolute Gasteiger partial charge is 0.181 e. The molecule has 80 valence electrons. The van der Waals surface area contributed by atoms with Gasteiger partial charge in [0.25, 0.3) is 0 Å². The fraction of sp³-hybridized carbons (Fsp3) is 0.300. The summed E-state index contributed by atoms with van der Waals surface area (Å²) in [6.07, 6.45) is 0. The first kappa shape index (κ1) is 10.2. The Hall–Kier alpha value is -1.33. The molecule has 0 saturated carbocycles. The van der Waals surface area contributed by atoms with E-state index in [-0.39, 0.29) is 0 Å². The number of methoxy groups -OCH3 is 1. The predicted octanol–water partition coefficient (Wildman–Crippen LogP) is 1.90. The van der Waals surface area contributed by atoms with Gasteiger partial charge in [-0.3, -0.25) is 0 Å². The van der Waals surface area contributed by atoms with Crippen LogP contribution in [-0.4, -0.2) is 25.3 Å². The normalized spacial score (nSPS) is 10.7. The molecule has 0 amide bonds. The maximum atomic E-state index is 5.61. The monoisotopic (exact) mass is 224 g/mol. The molecule has 1 aromatic heterocycles.